The summed E-state index contributed by atoms with van der Waals surface area (Å²) in [6, 6.07) is 1.81. The zero-order valence-electron chi connectivity index (χ0n) is 20.6. The number of amides is 1. The first-order valence-corrected chi connectivity index (χ1v) is 11.6. The number of ketones is 4. The molecule has 3 aliphatic carbocycles. The quantitative estimate of drug-likeness (QED) is 0.345. The Balaban J connectivity index is 1.84. The molecule has 190 valence electrons. The Kier molecular flexibility index (Phi) is 6.37. The third kappa shape index (κ3) is 3.66. The van der Waals surface area contributed by atoms with E-state index in [1.807, 2.05) is 19.0 Å². The van der Waals surface area contributed by atoms with Gasteiger partial charge in [-0.15, -0.1) is 0 Å². The highest BCUT2D eigenvalue weighted by Gasteiger charge is 2.69. The van der Waals surface area contributed by atoms with Crippen molar-refractivity contribution >= 4 is 29.0 Å². The summed E-state index contributed by atoms with van der Waals surface area (Å²) in [7, 11) is 6.82. The van der Waals surface area contributed by atoms with E-state index in [4.69, 9.17) is 5.73 Å². The lowest BCUT2D eigenvalue weighted by Crippen LogP contribution is -2.74. The second kappa shape index (κ2) is 8.92. The lowest BCUT2D eigenvalue weighted by Gasteiger charge is -2.52. The van der Waals surface area contributed by atoms with Crippen molar-refractivity contribution in [1.29, 1.82) is 0 Å². The number of carbonyl (C=O) groups excluding carboxylic acids is 5. The number of Topliss-reactive ketones (excluding diaryl/α,β-unsaturated/α-hetero) is 4. The van der Waals surface area contributed by atoms with Crippen LogP contribution in [0.25, 0.3) is 0 Å². The molecular formula is C26H29N3O7. The molecule has 1 amide bonds. The fourth-order valence-corrected chi connectivity index (χ4v) is 6.01. The standard InChI is InChI=1S/C26H29N3O7/c1-28(2)9-5-6-12-7-8-16(30)18-14(12)10-13-11-15-20(29(3)4)22(32)19(25(27)35)24(34)26(15,36)23(33)17(13)21(18)31/h7-8,13,15,17,19-20,30,36H,9-11H2,1-4H3,(H2,27,35). The summed E-state index contributed by atoms with van der Waals surface area (Å²) >= 11 is 0. The highest BCUT2D eigenvalue weighted by atomic mass is 16.3. The van der Waals surface area contributed by atoms with E-state index in [1.165, 1.54) is 11.0 Å². The van der Waals surface area contributed by atoms with Crippen molar-refractivity contribution in [2.45, 2.75) is 24.5 Å². The summed E-state index contributed by atoms with van der Waals surface area (Å²) in [4.78, 5) is 69.0. The number of aliphatic hydroxyl groups is 1. The van der Waals surface area contributed by atoms with Gasteiger partial charge in [-0.05, 0) is 64.6 Å². The third-order valence-electron chi connectivity index (χ3n) is 7.56. The van der Waals surface area contributed by atoms with Gasteiger partial charge in [0.2, 0.25) is 5.91 Å². The Morgan fingerprint density at radius 3 is 2.39 bits per heavy atom. The highest BCUT2D eigenvalue weighted by molar-refractivity contribution is 6.32. The summed E-state index contributed by atoms with van der Waals surface area (Å²) < 4.78 is 0. The Hall–Kier alpha value is -3.39. The first kappa shape index (κ1) is 25.7. The van der Waals surface area contributed by atoms with Gasteiger partial charge in [0.1, 0.15) is 5.75 Å². The van der Waals surface area contributed by atoms with Crippen LogP contribution in [-0.2, 0) is 25.6 Å². The molecule has 10 heteroatoms. The summed E-state index contributed by atoms with van der Waals surface area (Å²) in [5.74, 6) is -4.56. The third-order valence-corrected chi connectivity index (χ3v) is 7.56. The lowest BCUT2D eigenvalue weighted by molar-refractivity contribution is -0.181. The largest absolute Gasteiger partial charge is 0.507 e. The maximum Gasteiger partial charge on any atom is 0.235 e. The van der Waals surface area contributed by atoms with Crippen LogP contribution in [0.4, 0.5) is 0 Å². The monoisotopic (exact) mass is 495 g/mol. The number of rotatable bonds is 3. The molecule has 2 fully saturated rings. The number of carbonyl (C=O) groups is 5. The van der Waals surface area contributed by atoms with Gasteiger partial charge < -0.3 is 15.9 Å². The molecule has 0 saturated heterocycles. The number of aromatic hydroxyl groups is 1. The average Bonchev–Trinajstić information content (AvgIpc) is 2.77. The predicted octanol–water partition coefficient (Wildman–Crippen LogP) is -1.22. The molecule has 0 aliphatic heterocycles. The molecule has 0 radical (unpaired) electrons. The van der Waals surface area contributed by atoms with Crippen LogP contribution < -0.4 is 5.73 Å². The van der Waals surface area contributed by atoms with Crippen molar-refractivity contribution < 1.29 is 34.2 Å². The van der Waals surface area contributed by atoms with Crippen molar-refractivity contribution in [2.75, 3.05) is 34.7 Å². The van der Waals surface area contributed by atoms with Crippen molar-refractivity contribution in [1.82, 2.24) is 9.80 Å². The van der Waals surface area contributed by atoms with Crippen LogP contribution in [0, 0.1) is 35.5 Å². The van der Waals surface area contributed by atoms with Gasteiger partial charge in [0.25, 0.3) is 0 Å². The van der Waals surface area contributed by atoms with E-state index in [1.54, 1.807) is 20.2 Å². The Morgan fingerprint density at radius 2 is 1.81 bits per heavy atom. The van der Waals surface area contributed by atoms with Gasteiger partial charge in [-0.3, -0.25) is 33.8 Å². The number of nitrogens with zero attached hydrogens (tertiary/aromatic N) is 2. The van der Waals surface area contributed by atoms with Crippen molar-refractivity contribution in [3.05, 3.63) is 28.8 Å². The zero-order chi connectivity index (χ0) is 26.7. The molecule has 2 saturated carbocycles. The summed E-state index contributed by atoms with van der Waals surface area (Å²) in [6.45, 7) is 0.471. The molecule has 6 unspecified atom stereocenters. The first-order valence-electron chi connectivity index (χ1n) is 11.6. The fourth-order valence-electron chi connectivity index (χ4n) is 6.01. The van der Waals surface area contributed by atoms with E-state index in [-0.39, 0.29) is 24.2 Å². The molecule has 0 aromatic heterocycles. The molecule has 6 atom stereocenters. The van der Waals surface area contributed by atoms with E-state index < -0.39 is 64.4 Å². The highest BCUT2D eigenvalue weighted by Crippen LogP contribution is 2.50. The number of hydrogen-bond acceptors (Lipinski definition) is 9. The second-order valence-corrected chi connectivity index (χ2v) is 10.3. The smallest absolute Gasteiger partial charge is 0.235 e. The number of fused-ring (bicyclic) bond motifs is 3. The minimum atomic E-state index is -2.73. The molecule has 4 rings (SSSR count). The molecule has 36 heavy (non-hydrogen) atoms. The lowest BCUT2D eigenvalue weighted by atomic mass is 9.52. The van der Waals surface area contributed by atoms with E-state index in [0.717, 1.165) is 0 Å². The molecule has 1 aromatic rings. The minimum absolute atomic E-state index is 0.00409. The molecule has 0 heterocycles. The maximum atomic E-state index is 13.7. The van der Waals surface area contributed by atoms with Gasteiger partial charge in [-0.2, -0.15) is 0 Å². The normalized spacial score (nSPS) is 31.5. The van der Waals surface area contributed by atoms with Gasteiger partial charge >= 0.3 is 0 Å². The van der Waals surface area contributed by atoms with Crippen molar-refractivity contribution in [2.24, 2.45) is 29.4 Å². The molecule has 10 nitrogen and oxygen atoms in total. The summed E-state index contributed by atoms with van der Waals surface area (Å²) in [5.41, 5.74) is 3.57. The minimum Gasteiger partial charge on any atom is -0.507 e. The van der Waals surface area contributed by atoms with Crippen LogP contribution in [0.1, 0.15) is 27.9 Å². The molecule has 0 bridgehead atoms. The topological polar surface area (TPSA) is 158 Å². The van der Waals surface area contributed by atoms with Gasteiger partial charge in [-0.1, -0.05) is 11.8 Å². The number of phenolic OH excluding ortho intramolecular Hbond substituents is 1. The van der Waals surface area contributed by atoms with Crippen molar-refractivity contribution in [3.63, 3.8) is 0 Å². The Morgan fingerprint density at radius 1 is 1.14 bits per heavy atom. The van der Waals surface area contributed by atoms with E-state index in [9.17, 15) is 34.2 Å². The van der Waals surface area contributed by atoms with Crippen LogP contribution in [0.3, 0.4) is 0 Å². The SMILES string of the molecule is CN(C)CC#Cc1ccc(O)c2c1CC1CC3C(N(C)C)C(=O)C(C(N)=O)C(=O)C3(O)C(=O)C1C2=O. The van der Waals surface area contributed by atoms with E-state index in [0.29, 0.717) is 17.7 Å². The van der Waals surface area contributed by atoms with Crippen molar-refractivity contribution in [3.8, 4) is 17.6 Å². The van der Waals surface area contributed by atoms with Crippen LogP contribution in [0.5, 0.6) is 5.75 Å². The molecular weight excluding hydrogens is 466 g/mol. The number of benzene rings is 1. The van der Waals surface area contributed by atoms with Crippen LogP contribution in [-0.4, -0.2) is 95.4 Å². The Bertz CT molecular complexity index is 1260. The molecule has 3 aliphatic rings. The van der Waals surface area contributed by atoms with E-state index in [2.05, 4.69) is 11.8 Å². The second-order valence-electron chi connectivity index (χ2n) is 10.3. The number of phenols is 1. The molecule has 1 aromatic carbocycles. The summed E-state index contributed by atoms with van der Waals surface area (Å²) in [5, 5.41) is 22.1. The molecule has 4 N–H and O–H groups in total. The summed E-state index contributed by atoms with van der Waals surface area (Å²) in [6.07, 6.45) is 0.191. The van der Waals surface area contributed by atoms with E-state index >= 15 is 0 Å². The molecule has 0 spiro atoms. The van der Waals surface area contributed by atoms with Gasteiger partial charge in [-0.25, -0.2) is 0 Å². The zero-order valence-corrected chi connectivity index (χ0v) is 20.6. The maximum absolute atomic E-state index is 13.7. The number of nitrogens with two attached hydrogens (primary N) is 1. The Labute approximate surface area is 208 Å². The average molecular weight is 496 g/mol. The van der Waals surface area contributed by atoms with Gasteiger partial charge in [0, 0.05) is 11.5 Å². The van der Waals surface area contributed by atoms with Gasteiger partial charge in [0.05, 0.1) is 24.1 Å². The van der Waals surface area contributed by atoms with Crippen LogP contribution >= 0.6 is 0 Å². The fraction of sp³-hybridized carbons (Fsp3) is 0.500. The number of likely N-dealkylation sites (N-methyl/N-ethyl adjacent to an activating group) is 1. The number of primary amides is 1. The first-order chi connectivity index (χ1) is 16.8. The van der Waals surface area contributed by atoms with Crippen LogP contribution in [0.15, 0.2) is 12.1 Å². The predicted molar refractivity (Wildman–Crippen MR) is 127 cm³/mol. The van der Waals surface area contributed by atoms with Gasteiger partial charge in [0.15, 0.2) is 34.7 Å². The van der Waals surface area contributed by atoms with Crippen LogP contribution in [0.2, 0.25) is 0 Å². The number of hydrogen-bond donors (Lipinski definition) is 3.